The lowest BCUT2D eigenvalue weighted by Crippen LogP contribution is -2.35. The van der Waals surface area contributed by atoms with Gasteiger partial charge in [0.25, 0.3) is 0 Å². The lowest BCUT2D eigenvalue weighted by molar-refractivity contribution is -0.119. The number of hydrogen-bond donors (Lipinski definition) is 3. The van der Waals surface area contributed by atoms with Crippen molar-refractivity contribution in [1.82, 2.24) is 25.5 Å². The molecule has 2 aromatic heterocycles. The van der Waals surface area contributed by atoms with E-state index in [0.717, 1.165) is 18.7 Å². The van der Waals surface area contributed by atoms with Crippen molar-refractivity contribution in [3.8, 4) is 12.3 Å². The minimum Gasteiger partial charge on any atom is -0.352 e. The summed E-state index contributed by atoms with van der Waals surface area (Å²) in [7, 11) is 0. The van der Waals surface area contributed by atoms with Crippen molar-refractivity contribution in [3.63, 3.8) is 0 Å². The lowest BCUT2D eigenvalue weighted by atomic mass is 10.3. The van der Waals surface area contributed by atoms with E-state index in [4.69, 9.17) is 6.42 Å². The topological polar surface area (TPSA) is 98.8 Å². The molecular formula is C18H21N7O. The SMILES string of the molecule is C#Cc1cnc(N2CC[C@@H](NC(C)=O)C2)nc1Nc1cc(C2CC2)[nH]n1. The van der Waals surface area contributed by atoms with Gasteiger partial charge in [0.2, 0.25) is 11.9 Å². The van der Waals surface area contributed by atoms with Gasteiger partial charge < -0.3 is 15.5 Å². The highest BCUT2D eigenvalue weighted by atomic mass is 16.1. The van der Waals surface area contributed by atoms with Gasteiger partial charge in [-0.05, 0) is 19.3 Å². The van der Waals surface area contributed by atoms with Crippen molar-refractivity contribution in [2.45, 2.75) is 38.1 Å². The molecule has 0 unspecified atom stereocenters. The van der Waals surface area contributed by atoms with Crippen LogP contribution in [-0.4, -0.2) is 45.2 Å². The second-order valence-electron chi connectivity index (χ2n) is 6.82. The Morgan fingerprint density at radius 3 is 3.00 bits per heavy atom. The number of H-pyrrole nitrogens is 1. The first kappa shape index (κ1) is 16.4. The number of terminal acetylenes is 1. The molecule has 0 radical (unpaired) electrons. The molecule has 2 fully saturated rings. The van der Waals surface area contributed by atoms with E-state index >= 15 is 0 Å². The molecule has 1 aliphatic carbocycles. The molecule has 1 atom stereocenters. The second kappa shape index (κ2) is 6.67. The van der Waals surface area contributed by atoms with Crippen LogP contribution >= 0.6 is 0 Å². The van der Waals surface area contributed by atoms with Gasteiger partial charge in [-0.15, -0.1) is 6.42 Å². The number of aromatic nitrogens is 4. The summed E-state index contributed by atoms with van der Waals surface area (Å²) in [6, 6.07) is 2.12. The van der Waals surface area contributed by atoms with Gasteiger partial charge in [0.05, 0.1) is 11.8 Å². The van der Waals surface area contributed by atoms with Crippen LogP contribution in [0.3, 0.4) is 0 Å². The fraction of sp³-hybridized carbons (Fsp3) is 0.444. The maximum Gasteiger partial charge on any atom is 0.227 e. The Labute approximate surface area is 151 Å². The monoisotopic (exact) mass is 351 g/mol. The Hall–Kier alpha value is -3.08. The molecule has 3 N–H and O–H groups in total. The molecule has 2 aromatic rings. The maximum absolute atomic E-state index is 11.2. The summed E-state index contributed by atoms with van der Waals surface area (Å²) >= 11 is 0. The molecule has 2 aliphatic rings. The molecule has 0 spiro atoms. The summed E-state index contributed by atoms with van der Waals surface area (Å²) in [6.45, 7) is 3.00. The summed E-state index contributed by atoms with van der Waals surface area (Å²) in [5, 5.41) is 13.5. The predicted octanol–water partition coefficient (Wildman–Crippen LogP) is 1.52. The molecule has 8 heteroatoms. The van der Waals surface area contributed by atoms with E-state index in [1.165, 1.54) is 19.8 Å². The number of amides is 1. The molecule has 0 bridgehead atoms. The lowest BCUT2D eigenvalue weighted by Gasteiger charge is -2.17. The first-order chi connectivity index (χ1) is 12.6. The zero-order valence-electron chi connectivity index (χ0n) is 14.6. The van der Waals surface area contributed by atoms with Crippen molar-refractivity contribution in [3.05, 3.63) is 23.5 Å². The summed E-state index contributed by atoms with van der Waals surface area (Å²) in [5.74, 6) is 5.05. The van der Waals surface area contributed by atoms with Crippen LogP contribution in [0.2, 0.25) is 0 Å². The average Bonchev–Trinajstić information content (AvgIpc) is 3.19. The number of nitrogens with zero attached hydrogens (tertiary/aromatic N) is 4. The van der Waals surface area contributed by atoms with Crippen LogP contribution in [0.5, 0.6) is 0 Å². The third-order valence-corrected chi connectivity index (χ3v) is 4.67. The van der Waals surface area contributed by atoms with Gasteiger partial charge in [0, 0.05) is 43.7 Å². The largest absolute Gasteiger partial charge is 0.352 e. The Morgan fingerprint density at radius 2 is 2.27 bits per heavy atom. The van der Waals surface area contributed by atoms with E-state index in [0.29, 0.717) is 35.6 Å². The zero-order chi connectivity index (χ0) is 18.1. The van der Waals surface area contributed by atoms with Gasteiger partial charge >= 0.3 is 0 Å². The Morgan fingerprint density at radius 1 is 1.42 bits per heavy atom. The second-order valence-corrected chi connectivity index (χ2v) is 6.82. The van der Waals surface area contributed by atoms with E-state index in [1.54, 1.807) is 6.20 Å². The van der Waals surface area contributed by atoms with Crippen LogP contribution in [0.1, 0.15) is 43.4 Å². The smallest absolute Gasteiger partial charge is 0.227 e. The average molecular weight is 351 g/mol. The number of hydrogen-bond acceptors (Lipinski definition) is 6. The molecule has 1 saturated carbocycles. The highest BCUT2D eigenvalue weighted by Crippen LogP contribution is 2.39. The highest BCUT2D eigenvalue weighted by molar-refractivity contribution is 5.73. The van der Waals surface area contributed by atoms with E-state index < -0.39 is 0 Å². The Bertz CT molecular complexity index is 865. The van der Waals surface area contributed by atoms with Crippen molar-refractivity contribution >= 4 is 23.5 Å². The van der Waals surface area contributed by atoms with Crippen molar-refractivity contribution in [2.75, 3.05) is 23.3 Å². The van der Waals surface area contributed by atoms with Crippen molar-refractivity contribution < 1.29 is 4.79 Å². The van der Waals surface area contributed by atoms with Crippen molar-refractivity contribution in [1.29, 1.82) is 0 Å². The third-order valence-electron chi connectivity index (χ3n) is 4.67. The molecule has 1 aliphatic heterocycles. The zero-order valence-corrected chi connectivity index (χ0v) is 14.6. The molecule has 8 nitrogen and oxygen atoms in total. The van der Waals surface area contributed by atoms with Gasteiger partial charge in [-0.3, -0.25) is 9.89 Å². The van der Waals surface area contributed by atoms with Crippen LogP contribution < -0.4 is 15.5 Å². The van der Waals surface area contributed by atoms with Gasteiger partial charge in [0.15, 0.2) is 11.6 Å². The molecular weight excluding hydrogens is 330 g/mol. The summed E-state index contributed by atoms with van der Waals surface area (Å²) < 4.78 is 0. The first-order valence-electron chi connectivity index (χ1n) is 8.80. The predicted molar refractivity (Wildman–Crippen MR) is 98.2 cm³/mol. The molecule has 1 saturated heterocycles. The summed E-state index contributed by atoms with van der Waals surface area (Å²) in [5.41, 5.74) is 1.73. The number of anilines is 3. The first-order valence-corrected chi connectivity index (χ1v) is 8.80. The van der Waals surface area contributed by atoms with Gasteiger partial charge in [-0.2, -0.15) is 10.1 Å². The van der Waals surface area contributed by atoms with Crippen molar-refractivity contribution in [2.24, 2.45) is 0 Å². The summed E-state index contributed by atoms with van der Waals surface area (Å²) in [6.07, 6.45) is 10.5. The quantitative estimate of drug-likeness (QED) is 0.707. The van der Waals surface area contributed by atoms with Crippen LogP contribution in [0, 0.1) is 12.3 Å². The molecule has 1 amide bonds. The number of rotatable bonds is 5. The number of aromatic amines is 1. The van der Waals surface area contributed by atoms with Gasteiger partial charge in [-0.1, -0.05) is 5.92 Å². The third kappa shape index (κ3) is 3.47. The molecule has 134 valence electrons. The number of carbonyl (C=O) groups is 1. The van der Waals surface area contributed by atoms with E-state index in [2.05, 4.69) is 36.7 Å². The molecule has 26 heavy (non-hydrogen) atoms. The highest BCUT2D eigenvalue weighted by Gasteiger charge is 2.27. The van der Waals surface area contributed by atoms with Gasteiger partial charge in [-0.25, -0.2) is 4.98 Å². The number of nitrogens with one attached hydrogen (secondary N) is 3. The molecule has 4 rings (SSSR count). The fourth-order valence-electron chi connectivity index (χ4n) is 3.20. The van der Waals surface area contributed by atoms with Crippen LogP contribution in [0.25, 0.3) is 0 Å². The number of carbonyl (C=O) groups excluding carboxylic acids is 1. The Kier molecular flexibility index (Phi) is 4.21. The Balaban J connectivity index is 1.51. The van der Waals surface area contributed by atoms with Crippen LogP contribution in [-0.2, 0) is 4.79 Å². The minimum atomic E-state index is -0.0206. The van der Waals surface area contributed by atoms with E-state index in [9.17, 15) is 4.79 Å². The van der Waals surface area contributed by atoms with Gasteiger partial charge in [0.1, 0.15) is 0 Å². The molecule has 0 aromatic carbocycles. The fourth-order valence-corrected chi connectivity index (χ4v) is 3.20. The van der Waals surface area contributed by atoms with Crippen LogP contribution in [0.4, 0.5) is 17.6 Å². The van der Waals surface area contributed by atoms with E-state index in [1.807, 2.05) is 11.0 Å². The molecule has 3 heterocycles. The van der Waals surface area contributed by atoms with E-state index in [-0.39, 0.29) is 11.9 Å². The summed E-state index contributed by atoms with van der Waals surface area (Å²) in [4.78, 5) is 22.3. The minimum absolute atomic E-state index is 0.0206. The standard InChI is InChI=1S/C18H21N7O/c1-3-12-9-19-18(25-7-6-14(10-25)20-11(2)26)22-17(12)21-16-8-15(23-24-16)13-4-5-13/h1,8-9,13-14H,4-7,10H2,2H3,(H,20,26)(H2,19,21,22,23,24)/t14-/m1/s1. The van der Waals surface area contributed by atoms with Crippen LogP contribution in [0.15, 0.2) is 12.3 Å². The normalized spacial score (nSPS) is 19.2. The maximum atomic E-state index is 11.2.